The van der Waals surface area contributed by atoms with Crippen molar-refractivity contribution in [2.24, 2.45) is 0 Å². The Labute approximate surface area is 108 Å². The molecule has 0 bridgehead atoms. The van der Waals surface area contributed by atoms with E-state index in [1.807, 2.05) is 18.2 Å². The number of carbonyl (C=O) groups is 1. The summed E-state index contributed by atoms with van der Waals surface area (Å²) in [6.45, 7) is 3.83. The van der Waals surface area contributed by atoms with E-state index in [4.69, 9.17) is 16.3 Å². The molecule has 2 nitrogen and oxygen atoms in total. The van der Waals surface area contributed by atoms with Crippen LogP contribution in [0.3, 0.4) is 0 Å². The van der Waals surface area contributed by atoms with Crippen LogP contribution in [0.25, 0.3) is 4.48 Å². The lowest BCUT2D eigenvalue weighted by Crippen LogP contribution is -2.06. The van der Waals surface area contributed by atoms with Crippen LogP contribution >= 0.6 is 27.5 Å². The molecule has 0 saturated carbocycles. The molecule has 0 saturated heterocycles. The van der Waals surface area contributed by atoms with Gasteiger partial charge in [-0.3, -0.25) is 0 Å². The summed E-state index contributed by atoms with van der Waals surface area (Å²) in [7, 11) is 0. The van der Waals surface area contributed by atoms with Crippen LogP contribution in [-0.4, -0.2) is 12.6 Å². The van der Waals surface area contributed by atoms with Crippen LogP contribution in [0.5, 0.6) is 0 Å². The van der Waals surface area contributed by atoms with Crippen molar-refractivity contribution in [3.05, 3.63) is 40.4 Å². The van der Waals surface area contributed by atoms with Crippen LogP contribution in [0.4, 0.5) is 0 Å². The summed E-state index contributed by atoms with van der Waals surface area (Å²) in [6, 6.07) is 7.32. The van der Waals surface area contributed by atoms with Crippen molar-refractivity contribution in [3.63, 3.8) is 0 Å². The highest BCUT2D eigenvalue weighted by Gasteiger charge is 2.13. The largest absolute Gasteiger partial charge is 0.463 e. The lowest BCUT2D eigenvalue weighted by atomic mass is 10.1. The Morgan fingerprint density at radius 2 is 2.06 bits per heavy atom. The van der Waals surface area contributed by atoms with Gasteiger partial charge >= 0.3 is 5.97 Å². The molecule has 0 N–H and O–H groups in total. The molecule has 1 aromatic carbocycles. The second-order valence-electron chi connectivity index (χ2n) is 3.14. The number of ether oxygens (including phenoxy) is 1. The smallest absolute Gasteiger partial charge is 0.334 e. The van der Waals surface area contributed by atoms with E-state index in [0.29, 0.717) is 21.7 Å². The van der Waals surface area contributed by atoms with Crippen molar-refractivity contribution in [3.8, 4) is 0 Å². The molecule has 0 radical (unpaired) electrons. The molecule has 0 atom stereocenters. The maximum Gasteiger partial charge on any atom is 0.334 e. The van der Waals surface area contributed by atoms with Crippen LogP contribution in [-0.2, 0) is 9.53 Å². The first-order chi connectivity index (χ1) is 7.57. The third-order valence-corrected chi connectivity index (χ3v) is 3.37. The van der Waals surface area contributed by atoms with Crippen molar-refractivity contribution in [1.82, 2.24) is 0 Å². The van der Waals surface area contributed by atoms with Gasteiger partial charge in [0.05, 0.1) is 6.61 Å². The van der Waals surface area contributed by atoms with Crippen LogP contribution in [0.15, 0.2) is 29.8 Å². The minimum atomic E-state index is -0.339. The standard InChI is InChI=1S/C12H12BrClO2/c1-3-16-12(15)8(2)11(13)9-6-4-5-7-10(9)14/h4-7H,3H2,1-2H3. The molecule has 0 aromatic heterocycles. The monoisotopic (exact) mass is 302 g/mol. The molecule has 0 fully saturated rings. The minimum Gasteiger partial charge on any atom is -0.463 e. The molecule has 16 heavy (non-hydrogen) atoms. The Balaban J connectivity index is 3.09. The van der Waals surface area contributed by atoms with Gasteiger partial charge < -0.3 is 4.74 Å². The number of carbonyl (C=O) groups excluding carboxylic acids is 1. The third-order valence-electron chi connectivity index (χ3n) is 2.02. The maximum absolute atomic E-state index is 11.5. The van der Waals surface area contributed by atoms with Gasteiger partial charge in [0.25, 0.3) is 0 Å². The Morgan fingerprint density at radius 1 is 1.44 bits per heavy atom. The van der Waals surface area contributed by atoms with E-state index in [-0.39, 0.29) is 5.97 Å². The summed E-state index contributed by atoms with van der Waals surface area (Å²) >= 11 is 9.40. The molecular weight excluding hydrogens is 291 g/mol. The first kappa shape index (κ1) is 13.3. The van der Waals surface area contributed by atoms with Gasteiger partial charge in [-0.1, -0.05) is 29.8 Å². The molecule has 0 amide bonds. The van der Waals surface area contributed by atoms with E-state index in [9.17, 15) is 4.79 Å². The summed E-state index contributed by atoms with van der Waals surface area (Å²) < 4.78 is 5.58. The molecule has 86 valence electrons. The van der Waals surface area contributed by atoms with Crippen LogP contribution in [0.2, 0.25) is 5.02 Å². The molecule has 0 aliphatic heterocycles. The van der Waals surface area contributed by atoms with Gasteiger partial charge in [0.15, 0.2) is 0 Å². The number of rotatable bonds is 3. The zero-order chi connectivity index (χ0) is 12.1. The molecule has 0 aliphatic carbocycles. The van der Waals surface area contributed by atoms with Crippen molar-refractivity contribution in [2.45, 2.75) is 13.8 Å². The van der Waals surface area contributed by atoms with Crippen molar-refractivity contribution >= 4 is 38.0 Å². The Kier molecular flexibility index (Phi) is 5.03. The van der Waals surface area contributed by atoms with E-state index < -0.39 is 0 Å². The van der Waals surface area contributed by atoms with Gasteiger partial charge in [-0.2, -0.15) is 0 Å². The molecule has 1 aromatic rings. The third kappa shape index (κ3) is 3.09. The Hall–Kier alpha value is -0.800. The van der Waals surface area contributed by atoms with E-state index in [2.05, 4.69) is 15.9 Å². The first-order valence-corrected chi connectivity index (χ1v) is 6.03. The van der Waals surface area contributed by atoms with Gasteiger partial charge in [-0.05, 0) is 35.8 Å². The fraction of sp³-hybridized carbons (Fsp3) is 0.250. The molecule has 0 unspecified atom stereocenters. The summed E-state index contributed by atoms with van der Waals surface area (Å²) in [5.41, 5.74) is 1.30. The molecule has 4 heteroatoms. The molecule has 0 spiro atoms. The number of hydrogen-bond donors (Lipinski definition) is 0. The minimum absolute atomic E-state index is 0.339. The second-order valence-corrected chi connectivity index (χ2v) is 4.34. The zero-order valence-electron chi connectivity index (χ0n) is 9.09. The van der Waals surface area contributed by atoms with E-state index in [1.54, 1.807) is 19.9 Å². The highest BCUT2D eigenvalue weighted by molar-refractivity contribution is 9.15. The lowest BCUT2D eigenvalue weighted by Gasteiger charge is -2.07. The topological polar surface area (TPSA) is 26.3 Å². The molecule has 0 heterocycles. The van der Waals surface area contributed by atoms with Crippen LogP contribution in [0, 0.1) is 0 Å². The van der Waals surface area contributed by atoms with Gasteiger partial charge in [-0.15, -0.1) is 0 Å². The summed E-state index contributed by atoms with van der Waals surface area (Å²) in [5.74, 6) is -0.339. The Morgan fingerprint density at radius 3 is 2.62 bits per heavy atom. The van der Waals surface area contributed by atoms with Gasteiger partial charge in [0.1, 0.15) is 0 Å². The number of halogens is 2. The van der Waals surface area contributed by atoms with Crippen molar-refractivity contribution in [1.29, 1.82) is 0 Å². The quantitative estimate of drug-likeness (QED) is 0.622. The maximum atomic E-state index is 11.5. The number of hydrogen-bond acceptors (Lipinski definition) is 2. The zero-order valence-corrected chi connectivity index (χ0v) is 11.4. The predicted octanol–water partition coefficient (Wildman–Crippen LogP) is 4.03. The average molecular weight is 304 g/mol. The van der Waals surface area contributed by atoms with Crippen molar-refractivity contribution in [2.75, 3.05) is 6.61 Å². The van der Waals surface area contributed by atoms with Crippen LogP contribution < -0.4 is 0 Å². The van der Waals surface area contributed by atoms with E-state index in [0.717, 1.165) is 5.56 Å². The fourth-order valence-corrected chi connectivity index (χ4v) is 2.02. The normalized spacial score (nSPS) is 12.0. The van der Waals surface area contributed by atoms with E-state index >= 15 is 0 Å². The number of esters is 1. The SMILES string of the molecule is CCOC(=O)C(C)=C(Br)c1ccccc1Cl. The molecular formula is C12H12BrClO2. The van der Waals surface area contributed by atoms with Crippen molar-refractivity contribution < 1.29 is 9.53 Å². The summed E-state index contributed by atoms with van der Waals surface area (Å²) in [6.07, 6.45) is 0. The van der Waals surface area contributed by atoms with E-state index in [1.165, 1.54) is 0 Å². The number of benzene rings is 1. The first-order valence-electron chi connectivity index (χ1n) is 4.86. The highest BCUT2D eigenvalue weighted by Crippen LogP contribution is 2.31. The fourth-order valence-electron chi connectivity index (χ4n) is 1.17. The van der Waals surface area contributed by atoms with Gasteiger partial charge in [0.2, 0.25) is 0 Å². The molecule has 1 rings (SSSR count). The lowest BCUT2D eigenvalue weighted by molar-refractivity contribution is -0.138. The van der Waals surface area contributed by atoms with Gasteiger partial charge in [-0.25, -0.2) is 4.79 Å². The Bertz CT molecular complexity index is 427. The second kappa shape index (κ2) is 6.06. The molecule has 0 aliphatic rings. The highest BCUT2D eigenvalue weighted by atomic mass is 79.9. The average Bonchev–Trinajstić information content (AvgIpc) is 2.28. The van der Waals surface area contributed by atoms with Gasteiger partial charge in [0, 0.05) is 20.6 Å². The summed E-state index contributed by atoms with van der Waals surface area (Å²) in [4.78, 5) is 11.5. The summed E-state index contributed by atoms with van der Waals surface area (Å²) in [5, 5.41) is 0.595. The predicted molar refractivity (Wildman–Crippen MR) is 69.6 cm³/mol. The van der Waals surface area contributed by atoms with Crippen LogP contribution in [0.1, 0.15) is 19.4 Å².